The number of nitrogens with zero attached hydrogens (tertiary/aromatic N) is 3. The van der Waals surface area contributed by atoms with Crippen molar-refractivity contribution >= 4 is 11.9 Å². The van der Waals surface area contributed by atoms with Gasteiger partial charge >= 0.3 is 5.97 Å². The van der Waals surface area contributed by atoms with Gasteiger partial charge in [0.25, 0.3) is 0 Å². The van der Waals surface area contributed by atoms with Gasteiger partial charge in [0.1, 0.15) is 0 Å². The topological polar surface area (TPSA) is 75.4 Å². The molecule has 0 bridgehead atoms. The molecule has 1 amide bonds. The SMILES string of the molecule is CCC[C@@H]1CN(C(=O)CCc2c(C)nn(C)c2C)C[C@H]1C(=O)O. The molecule has 6 heteroatoms. The van der Waals surface area contributed by atoms with Crippen LogP contribution in [0.4, 0.5) is 0 Å². The van der Waals surface area contributed by atoms with Crippen molar-refractivity contribution < 1.29 is 14.7 Å². The minimum absolute atomic E-state index is 0.0532. The number of rotatable bonds is 6. The maximum atomic E-state index is 12.5. The molecule has 1 N–H and O–H groups in total. The van der Waals surface area contributed by atoms with Gasteiger partial charge in [0.05, 0.1) is 11.6 Å². The average molecular weight is 321 g/mol. The van der Waals surface area contributed by atoms with Crippen LogP contribution >= 0.6 is 0 Å². The van der Waals surface area contributed by atoms with Crippen LogP contribution in [0.15, 0.2) is 0 Å². The van der Waals surface area contributed by atoms with Crippen LogP contribution in [0, 0.1) is 25.7 Å². The average Bonchev–Trinajstić information content (AvgIpc) is 3.00. The number of aryl methyl sites for hydroxylation is 2. The van der Waals surface area contributed by atoms with Gasteiger partial charge in [-0.3, -0.25) is 14.3 Å². The Morgan fingerprint density at radius 2 is 2.00 bits per heavy atom. The lowest BCUT2D eigenvalue weighted by atomic mass is 9.92. The Hall–Kier alpha value is -1.85. The second-order valence-corrected chi connectivity index (χ2v) is 6.57. The molecular formula is C17H27N3O3. The van der Waals surface area contributed by atoms with Gasteiger partial charge in [0.2, 0.25) is 5.91 Å². The molecule has 0 unspecified atom stereocenters. The summed E-state index contributed by atoms with van der Waals surface area (Å²) in [6.45, 7) is 6.95. The van der Waals surface area contributed by atoms with Gasteiger partial charge in [0.15, 0.2) is 0 Å². The Morgan fingerprint density at radius 3 is 2.52 bits per heavy atom. The van der Waals surface area contributed by atoms with E-state index in [1.165, 1.54) is 0 Å². The largest absolute Gasteiger partial charge is 0.481 e. The summed E-state index contributed by atoms with van der Waals surface area (Å²) in [5.41, 5.74) is 3.18. The molecule has 0 radical (unpaired) electrons. The first-order valence-corrected chi connectivity index (χ1v) is 8.34. The Bertz CT molecular complexity index is 594. The molecule has 1 fully saturated rings. The number of carbonyl (C=O) groups is 2. The maximum Gasteiger partial charge on any atom is 0.308 e. The maximum absolute atomic E-state index is 12.5. The van der Waals surface area contributed by atoms with Crippen LogP contribution < -0.4 is 0 Å². The van der Waals surface area contributed by atoms with E-state index in [0.717, 1.165) is 29.8 Å². The van der Waals surface area contributed by atoms with E-state index in [1.807, 2.05) is 25.6 Å². The van der Waals surface area contributed by atoms with E-state index in [2.05, 4.69) is 12.0 Å². The van der Waals surface area contributed by atoms with E-state index >= 15 is 0 Å². The van der Waals surface area contributed by atoms with Crippen LogP contribution in [0.5, 0.6) is 0 Å². The van der Waals surface area contributed by atoms with Crippen LogP contribution in [-0.4, -0.2) is 44.8 Å². The lowest BCUT2D eigenvalue weighted by Gasteiger charge is -2.16. The van der Waals surface area contributed by atoms with E-state index < -0.39 is 11.9 Å². The van der Waals surface area contributed by atoms with Crippen molar-refractivity contribution in [3.63, 3.8) is 0 Å². The molecular weight excluding hydrogens is 294 g/mol. The summed E-state index contributed by atoms with van der Waals surface area (Å²) in [5, 5.41) is 13.7. The number of carboxylic acids is 1. The Morgan fingerprint density at radius 1 is 1.30 bits per heavy atom. The van der Waals surface area contributed by atoms with Gasteiger partial charge in [-0.05, 0) is 38.2 Å². The van der Waals surface area contributed by atoms with Crippen LogP contribution in [0.3, 0.4) is 0 Å². The van der Waals surface area contributed by atoms with Crippen molar-refractivity contribution in [2.75, 3.05) is 13.1 Å². The molecule has 1 aromatic heterocycles. The molecule has 6 nitrogen and oxygen atoms in total. The van der Waals surface area contributed by atoms with Crippen LogP contribution in [0.2, 0.25) is 0 Å². The summed E-state index contributed by atoms with van der Waals surface area (Å²) >= 11 is 0. The van der Waals surface area contributed by atoms with Gasteiger partial charge in [-0.25, -0.2) is 0 Å². The highest BCUT2D eigenvalue weighted by Gasteiger charge is 2.38. The fraction of sp³-hybridized carbons (Fsp3) is 0.706. The number of hydrogen-bond donors (Lipinski definition) is 1. The number of likely N-dealkylation sites (tertiary alicyclic amines) is 1. The number of aromatic nitrogens is 2. The Labute approximate surface area is 137 Å². The van der Waals surface area contributed by atoms with Crippen molar-refractivity contribution in [3.05, 3.63) is 17.0 Å². The van der Waals surface area contributed by atoms with E-state index in [9.17, 15) is 14.7 Å². The van der Waals surface area contributed by atoms with Gasteiger partial charge in [-0.15, -0.1) is 0 Å². The minimum Gasteiger partial charge on any atom is -0.481 e. The number of amides is 1. The second kappa shape index (κ2) is 7.15. The number of carboxylic acid groups (broad SMARTS) is 1. The fourth-order valence-corrected chi connectivity index (χ4v) is 3.59. The normalized spacial score (nSPS) is 21.0. The third-order valence-electron chi connectivity index (χ3n) is 5.02. The third kappa shape index (κ3) is 3.74. The monoisotopic (exact) mass is 321 g/mol. The molecule has 0 spiro atoms. The number of carbonyl (C=O) groups excluding carboxylic acids is 1. The molecule has 2 atom stereocenters. The van der Waals surface area contributed by atoms with Gasteiger partial charge in [-0.2, -0.15) is 5.10 Å². The van der Waals surface area contributed by atoms with Crippen molar-refractivity contribution in [3.8, 4) is 0 Å². The second-order valence-electron chi connectivity index (χ2n) is 6.57. The standard InChI is InChI=1S/C17H27N3O3/c1-5-6-13-9-20(10-15(13)17(22)23)16(21)8-7-14-11(2)18-19(4)12(14)3/h13,15H,5-10H2,1-4H3,(H,22,23)/t13-,15-/m1/s1. The molecule has 0 aromatic carbocycles. The predicted octanol–water partition coefficient (Wildman–Crippen LogP) is 1.93. The van der Waals surface area contributed by atoms with Gasteiger partial charge in [0, 0.05) is 32.3 Å². The van der Waals surface area contributed by atoms with Gasteiger partial charge < -0.3 is 10.0 Å². The first-order valence-electron chi connectivity index (χ1n) is 8.34. The van der Waals surface area contributed by atoms with Gasteiger partial charge in [-0.1, -0.05) is 13.3 Å². The lowest BCUT2D eigenvalue weighted by molar-refractivity contribution is -0.142. The zero-order valence-corrected chi connectivity index (χ0v) is 14.5. The number of hydrogen-bond acceptors (Lipinski definition) is 3. The van der Waals surface area contributed by atoms with Crippen molar-refractivity contribution in [2.24, 2.45) is 18.9 Å². The molecule has 23 heavy (non-hydrogen) atoms. The molecule has 0 saturated carbocycles. The molecule has 128 valence electrons. The quantitative estimate of drug-likeness (QED) is 0.868. The van der Waals surface area contributed by atoms with Crippen molar-refractivity contribution in [1.29, 1.82) is 0 Å². The first kappa shape index (κ1) is 17.5. The van der Waals surface area contributed by atoms with E-state index in [0.29, 0.717) is 25.9 Å². The minimum atomic E-state index is -0.780. The summed E-state index contributed by atoms with van der Waals surface area (Å²) in [7, 11) is 1.90. The van der Waals surface area contributed by atoms with Crippen molar-refractivity contribution in [2.45, 2.75) is 46.5 Å². The summed E-state index contributed by atoms with van der Waals surface area (Å²) < 4.78 is 1.84. The van der Waals surface area contributed by atoms with Crippen LogP contribution in [0.25, 0.3) is 0 Å². The van der Waals surface area contributed by atoms with E-state index in [-0.39, 0.29) is 11.8 Å². The van der Waals surface area contributed by atoms with Crippen LogP contribution in [0.1, 0.15) is 43.1 Å². The summed E-state index contributed by atoms with van der Waals surface area (Å²) in [6.07, 6.45) is 2.89. The zero-order chi connectivity index (χ0) is 17.1. The number of aliphatic carboxylic acids is 1. The third-order valence-corrected chi connectivity index (χ3v) is 5.02. The molecule has 2 heterocycles. The zero-order valence-electron chi connectivity index (χ0n) is 14.5. The molecule has 2 rings (SSSR count). The molecule has 1 aromatic rings. The highest BCUT2D eigenvalue weighted by atomic mass is 16.4. The molecule has 1 saturated heterocycles. The van der Waals surface area contributed by atoms with Crippen molar-refractivity contribution in [1.82, 2.24) is 14.7 Å². The van der Waals surface area contributed by atoms with E-state index in [1.54, 1.807) is 4.90 Å². The Kier molecular flexibility index (Phi) is 5.44. The summed E-state index contributed by atoms with van der Waals surface area (Å²) in [5.74, 6) is -1.06. The smallest absolute Gasteiger partial charge is 0.308 e. The first-order chi connectivity index (χ1) is 10.8. The van der Waals surface area contributed by atoms with E-state index in [4.69, 9.17) is 0 Å². The summed E-state index contributed by atoms with van der Waals surface area (Å²) in [4.78, 5) is 25.6. The molecule has 1 aliphatic rings. The highest BCUT2D eigenvalue weighted by molar-refractivity contribution is 5.79. The lowest BCUT2D eigenvalue weighted by Crippen LogP contribution is -2.30. The fourth-order valence-electron chi connectivity index (χ4n) is 3.59. The summed E-state index contributed by atoms with van der Waals surface area (Å²) in [6, 6.07) is 0. The molecule has 1 aliphatic heterocycles. The highest BCUT2D eigenvalue weighted by Crippen LogP contribution is 2.28. The predicted molar refractivity (Wildman–Crippen MR) is 87.1 cm³/mol. The molecule has 0 aliphatic carbocycles. The van der Waals surface area contributed by atoms with Crippen LogP contribution in [-0.2, 0) is 23.1 Å². The Balaban J connectivity index is 1.97.